The molecule has 4 nitrogen and oxygen atoms in total. The molecule has 0 spiro atoms. The average Bonchev–Trinajstić information content (AvgIpc) is 2.73. The number of nitrogens with one attached hydrogen (secondary N) is 1. The lowest BCUT2D eigenvalue weighted by molar-refractivity contribution is 0.310. The normalized spacial score (nSPS) is 14.8. The molecular formula is C23H32N2O2. The monoisotopic (exact) mass is 368 g/mol. The molecule has 3 rings (SSSR count). The van der Waals surface area contributed by atoms with Crippen LogP contribution in [0.2, 0.25) is 0 Å². The highest BCUT2D eigenvalue weighted by molar-refractivity contribution is 5.51. The maximum absolute atomic E-state index is 5.78. The van der Waals surface area contributed by atoms with Gasteiger partial charge in [-0.05, 0) is 74.7 Å². The molecule has 1 N–H and O–H groups in total. The van der Waals surface area contributed by atoms with Gasteiger partial charge < -0.3 is 19.7 Å². The van der Waals surface area contributed by atoms with Crippen LogP contribution in [0.3, 0.4) is 0 Å². The van der Waals surface area contributed by atoms with Crippen LogP contribution in [0, 0.1) is 0 Å². The molecule has 146 valence electrons. The van der Waals surface area contributed by atoms with Crippen molar-refractivity contribution in [3.05, 3.63) is 53.6 Å². The van der Waals surface area contributed by atoms with Crippen molar-refractivity contribution < 1.29 is 9.47 Å². The van der Waals surface area contributed by atoms with Crippen molar-refractivity contribution in [2.24, 2.45) is 0 Å². The number of benzene rings is 2. The second kappa shape index (κ2) is 9.65. The topological polar surface area (TPSA) is 33.7 Å². The van der Waals surface area contributed by atoms with Crippen LogP contribution in [0.25, 0.3) is 0 Å². The predicted octanol–water partition coefficient (Wildman–Crippen LogP) is 4.41. The van der Waals surface area contributed by atoms with E-state index in [1.54, 1.807) is 7.11 Å². The Morgan fingerprint density at radius 2 is 1.67 bits per heavy atom. The van der Waals surface area contributed by atoms with Crippen molar-refractivity contribution in [1.82, 2.24) is 5.32 Å². The van der Waals surface area contributed by atoms with Gasteiger partial charge in [0.15, 0.2) is 11.5 Å². The predicted molar refractivity (Wildman–Crippen MR) is 112 cm³/mol. The highest BCUT2D eigenvalue weighted by Crippen LogP contribution is 2.31. The van der Waals surface area contributed by atoms with Gasteiger partial charge in [0, 0.05) is 18.3 Å². The quantitative estimate of drug-likeness (QED) is 0.748. The molecule has 2 aromatic rings. The van der Waals surface area contributed by atoms with Gasteiger partial charge in [-0.15, -0.1) is 0 Å². The molecule has 27 heavy (non-hydrogen) atoms. The number of nitrogens with zero attached hydrogens (tertiary/aromatic N) is 1. The summed E-state index contributed by atoms with van der Waals surface area (Å²) in [5.41, 5.74) is 3.93. The molecule has 0 radical (unpaired) electrons. The fourth-order valence-corrected chi connectivity index (χ4v) is 3.76. The molecule has 4 heteroatoms. The van der Waals surface area contributed by atoms with Crippen LogP contribution in [0.5, 0.6) is 11.5 Å². The molecule has 2 aromatic carbocycles. The summed E-state index contributed by atoms with van der Waals surface area (Å²) in [5.74, 6) is 1.62. The molecule has 0 atom stereocenters. The van der Waals surface area contributed by atoms with Gasteiger partial charge in [0.2, 0.25) is 0 Å². The van der Waals surface area contributed by atoms with Crippen molar-refractivity contribution in [3.8, 4) is 11.5 Å². The highest BCUT2D eigenvalue weighted by atomic mass is 16.5. The van der Waals surface area contributed by atoms with Gasteiger partial charge >= 0.3 is 0 Å². The number of rotatable bonds is 8. The van der Waals surface area contributed by atoms with Gasteiger partial charge in [0.25, 0.3) is 0 Å². The minimum Gasteiger partial charge on any atom is -0.493 e. The third kappa shape index (κ3) is 4.95. The van der Waals surface area contributed by atoms with Crippen LogP contribution in [-0.4, -0.2) is 32.8 Å². The summed E-state index contributed by atoms with van der Waals surface area (Å²) in [7, 11) is 1.69. The Morgan fingerprint density at radius 1 is 0.963 bits per heavy atom. The van der Waals surface area contributed by atoms with E-state index in [4.69, 9.17) is 9.47 Å². The Kier molecular flexibility index (Phi) is 6.99. The zero-order valence-corrected chi connectivity index (χ0v) is 16.8. The standard InChI is InChI=1S/C23H32N2O2/c1-4-18-6-9-20(10-7-18)25(21-12-14-24-15-13-21)17-19-8-11-22(26-3)23(16-19)27-5-2/h6-11,16,21,24H,4-5,12-15,17H2,1-3H3. The van der Waals surface area contributed by atoms with E-state index in [9.17, 15) is 0 Å². The third-order valence-electron chi connectivity index (χ3n) is 5.31. The summed E-state index contributed by atoms with van der Waals surface area (Å²) in [6, 6.07) is 15.9. The zero-order valence-electron chi connectivity index (χ0n) is 16.8. The van der Waals surface area contributed by atoms with E-state index in [2.05, 4.69) is 53.5 Å². The summed E-state index contributed by atoms with van der Waals surface area (Å²) in [6.45, 7) is 7.88. The van der Waals surface area contributed by atoms with Crippen molar-refractivity contribution in [2.45, 2.75) is 45.7 Å². The Labute approximate surface area is 163 Å². The summed E-state index contributed by atoms with van der Waals surface area (Å²) in [4.78, 5) is 2.55. The minimum atomic E-state index is 0.552. The molecule has 1 heterocycles. The Balaban J connectivity index is 1.87. The molecule has 1 saturated heterocycles. The van der Waals surface area contributed by atoms with Crippen molar-refractivity contribution >= 4 is 5.69 Å². The van der Waals surface area contributed by atoms with Crippen molar-refractivity contribution in [1.29, 1.82) is 0 Å². The first kappa shape index (κ1) is 19.6. The number of hydrogen-bond donors (Lipinski definition) is 1. The molecule has 0 aromatic heterocycles. The van der Waals surface area contributed by atoms with Crippen molar-refractivity contribution in [3.63, 3.8) is 0 Å². The van der Waals surface area contributed by atoms with Gasteiger partial charge in [0.05, 0.1) is 13.7 Å². The van der Waals surface area contributed by atoms with Crippen LogP contribution >= 0.6 is 0 Å². The highest BCUT2D eigenvalue weighted by Gasteiger charge is 2.22. The molecule has 0 amide bonds. The van der Waals surface area contributed by atoms with Crippen molar-refractivity contribution in [2.75, 3.05) is 31.7 Å². The van der Waals surface area contributed by atoms with Gasteiger partial charge in [0.1, 0.15) is 0 Å². The van der Waals surface area contributed by atoms with Crippen LogP contribution < -0.4 is 19.7 Å². The lowest BCUT2D eigenvalue weighted by Crippen LogP contribution is -2.43. The van der Waals surface area contributed by atoms with E-state index in [0.717, 1.165) is 37.6 Å². The molecule has 1 aliphatic heterocycles. The average molecular weight is 369 g/mol. The molecular weight excluding hydrogens is 336 g/mol. The smallest absolute Gasteiger partial charge is 0.161 e. The van der Waals surface area contributed by atoms with Gasteiger partial charge in [-0.3, -0.25) is 0 Å². The largest absolute Gasteiger partial charge is 0.493 e. The molecule has 0 aliphatic carbocycles. The van der Waals surface area contributed by atoms with Gasteiger partial charge in [-0.25, -0.2) is 0 Å². The fourth-order valence-electron chi connectivity index (χ4n) is 3.76. The fraction of sp³-hybridized carbons (Fsp3) is 0.478. The summed E-state index contributed by atoms with van der Waals surface area (Å²) in [6.07, 6.45) is 3.41. The first-order chi connectivity index (χ1) is 13.2. The van der Waals surface area contributed by atoms with Crippen LogP contribution in [0.1, 0.15) is 37.8 Å². The van der Waals surface area contributed by atoms with Crippen LogP contribution in [0.15, 0.2) is 42.5 Å². The molecule has 1 aliphatic rings. The summed E-state index contributed by atoms with van der Waals surface area (Å²) < 4.78 is 11.2. The second-order valence-electron chi connectivity index (χ2n) is 7.05. The number of ether oxygens (including phenoxy) is 2. The first-order valence-electron chi connectivity index (χ1n) is 10.1. The lowest BCUT2D eigenvalue weighted by Gasteiger charge is -2.37. The van der Waals surface area contributed by atoms with E-state index in [1.165, 1.54) is 29.7 Å². The van der Waals surface area contributed by atoms with Gasteiger partial charge in [-0.1, -0.05) is 25.1 Å². The number of hydrogen-bond acceptors (Lipinski definition) is 4. The Hall–Kier alpha value is -2.20. The van der Waals surface area contributed by atoms with E-state index in [0.29, 0.717) is 12.6 Å². The first-order valence-corrected chi connectivity index (χ1v) is 10.1. The lowest BCUT2D eigenvalue weighted by atomic mass is 10.0. The minimum absolute atomic E-state index is 0.552. The van der Waals surface area contributed by atoms with E-state index >= 15 is 0 Å². The number of piperidine rings is 1. The maximum Gasteiger partial charge on any atom is 0.161 e. The Bertz CT molecular complexity index is 709. The number of anilines is 1. The molecule has 1 fully saturated rings. The number of aryl methyl sites for hydroxylation is 1. The molecule has 0 unspecified atom stereocenters. The van der Waals surface area contributed by atoms with E-state index in [-0.39, 0.29) is 0 Å². The van der Waals surface area contributed by atoms with Crippen LogP contribution in [0.4, 0.5) is 5.69 Å². The second-order valence-corrected chi connectivity index (χ2v) is 7.05. The summed E-state index contributed by atoms with van der Waals surface area (Å²) >= 11 is 0. The van der Waals surface area contributed by atoms with E-state index in [1.807, 2.05) is 13.0 Å². The SMILES string of the molecule is CCOc1cc(CN(c2ccc(CC)cc2)C2CCNCC2)ccc1OC. The third-order valence-corrected chi connectivity index (χ3v) is 5.31. The molecule has 0 bridgehead atoms. The Morgan fingerprint density at radius 3 is 2.30 bits per heavy atom. The number of methoxy groups -OCH3 is 1. The molecule has 0 saturated carbocycles. The summed E-state index contributed by atoms with van der Waals surface area (Å²) in [5, 5.41) is 3.48. The zero-order chi connectivity index (χ0) is 19.1. The van der Waals surface area contributed by atoms with Crippen LogP contribution in [-0.2, 0) is 13.0 Å². The van der Waals surface area contributed by atoms with Gasteiger partial charge in [-0.2, -0.15) is 0 Å². The van der Waals surface area contributed by atoms with E-state index < -0.39 is 0 Å². The maximum atomic E-state index is 5.78.